The summed E-state index contributed by atoms with van der Waals surface area (Å²) in [4.78, 5) is 2.60. The fraction of sp³-hybridized carbons (Fsp3) is 0.667. The zero-order valence-corrected chi connectivity index (χ0v) is 13.7. The highest BCUT2D eigenvalue weighted by Crippen LogP contribution is 2.47. The minimum Gasteiger partial charge on any atom is -0.485 e. The Kier molecular flexibility index (Phi) is 3.63. The average molecular weight is 302 g/mol. The normalized spacial score (nSPS) is 32.0. The second kappa shape index (κ2) is 5.52. The van der Waals surface area contributed by atoms with Crippen molar-refractivity contribution < 1.29 is 9.47 Å². The molecule has 2 unspecified atom stereocenters. The predicted molar refractivity (Wildman–Crippen MR) is 86.5 cm³/mol. The molecule has 4 nitrogen and oxygen atoms in total. The second-order valence-electron chi connectivity index (χ2n) is 7.01. The molecule has 1 aromatic rings. The third-order valence-corrected chi connectivity index (χ3v) is 5.64. The maximum Gasteiger partial charge on any atom is 0.128 e. The van der Waals surface area contributed by atoms with Crippen molar-refractivity contribution in [3.8, 4) is 5.75 Å². The molecule has 0 saturated carbocycles. The van der Waals surface area contributed by atoms with Gasteiger partial charge in [0.2, 0.25) is 0 Å². The summed E-state index contributed by atoms with van der Waals surface area (Å²) >= 11 is 0. The van der Waals surface area contributed by atoms with Gasteiger partial charge in [0.25, 0.3) is 0 Å². The van der Waals surface area contributed by atoms with Crippen molar-refractivity contribution in [1.29, 1.82) is 0 Å². The molecule has 22 heavy (non-hydrogen) atoms. The van der Waals surface area contributed by atoms with Crippen molar-refractivity contribution in [2.45, 2.75) is 38.3 Å². The van der Waals surface area contributed by atoms with Gasteiger partial charge >= 0.3 is 0 Å². The minimum atomic E-state index is -0.0193. The summed E-state index contributed by atoms with van der Waals surface area (Å²) in [6.45, 7) is 10.2. The molecule has 0 aliphatic carbocycles. The lowest BCUT2D eigenvalue weighted by Gasteiger charge is -2.45. The Morgan fingerprint density at radius 2 is 2.05 bits per heavy atom. The van der Waals surface area contributed by atoms with E-state index in [2.05, 4.69) is 36.2 Å². The number of hydrogen-bond acceptors (Lipinski definition) is 4. The van der Waals surface area contributed by atoms with E-state index in [-0.39, 0.29) is 5.60 Å². The lowest BCUT2D eigenvalue weighted by molar-refractivity contribution is -0.0261. The molecule has 2 fully saturated rings. The first-order valence-corrected chi connectivity index (χ1v) is 8.50. The molecular formula is C18H26N2O2. The average Bonchev–Trinajstić information content (AvgIpc) is 2.99. The minimum absolute atomic E-state index is 0.0193. The Labute approximate surface area is 132 Å². The molecule has 0 amide bonds. The topological polar surface area (TPSA) is 33.7 Å². The van der Waals surface area contributed by atoms with E-state index in [4.69, 9.17) is 9.47 Å². The highest BCUT2D eigenvalue weighted by atomic mass is 16.5. The van der Waals surface area contributed by atoms with Gasteiger partial charge in [-0.1, -0.05) is 12.1 Å². The predicted octanol–water partition coefficient (Wildman–Crippen LogP) is 2.19. The van der Waals surface area contributed by atoms with Crippen molar-refractivity contribution in [3.05, 3.63) is 28.8 Å². The van der Waals surface area contributed by atoms with Crippen LogP contribution in [0.25, 0.3) is 0 Å². The van der Waals surface area contributed by atoms with Gasteiger partial charge < -0.3 is 14.8 Å². The monoisotopic (exact) mass is 302 g/mol. The number of morpholine rings is 1. The summed E-state index contributed by atoms with van der Waals surface area (Å²) in [6.07, 6.45) is 2.20. The molecule has 0 radical (unpaired) electrons. The van der Waals surface area contributed by atoms with Gasteiger partial charge in [0.1, 0.15) is 11.4 Å². The van der Waals surface area contributed by atoms with Crippen LogP contribution in [-0.4, -0.2) is 49.9 Å². The van der Waals surface area contributed by atoms with Crippen molar-refractivity contribution in [1.82, 2.24) is 10.2 Å². The fourth-order valence-electron chi connectivity index (χ4n) is 4.13. The molecule has 3 aliphatic heterocycles. The van der Waals surface area contributed by atoms with E-state index in [0.717, 1.165) is 58.0 Å². The molecule has 1 spiro atoms. The lowest BCUT2D eigenvalue weighted by Crippen LogP contribution is -2.49. The number of rotatable bonds is 1. The number of ether oxygens (including phenoxy) is 2. The van der Waals surface area contributed by atoms with E-state index in [0.29, 0.717) is 6.04 Å². The number of nitrogens with one attached hydrogen (secondary N) is 1. The van der Waals surface area contributed by atoms with Gasteiger partial charge in [-0.05, 0) is 31.5 Å². The zero-order chi connectivity index (χ0) is 15.2. The van der Waals surface area contributed by atoms with Gasteiger partial charge in [0, 0.05) is 44.1 Å². The van der Waals surface area contributed by atoms with Crippen LogP contribution in [-0.2, 0) is 4.74 Å². The molecule has 1 aromatic carbocycles. The lowest BCUT2D eigenvalue weighted by atomic mass is 9.84. The van der Waals surface area contributed by atoms with E-state index in [1.165, 1.54) is 16.7 Å². The van der Waals surface area contributed by atoms with Crippen LogP contribution in [0.2, 0.25) is 0 Å². The first-order chi connectivity index (χ1) is 10.7. The summed E-state index contributed by atoms with van der Waals surface area (Å²) < 4.78 is 12.1. The molecule has 2 saturated heterocycles. The molecule has 3 heterocycles. The number of hydrogen-bond donors (Lipinski definition) is 1. The van der Waals surface area contributed by atoms with E-state index in [1.807, 2.05) is 0 Å². The molecule has 1 N–H and O–H groups in total. The van der Waals surface area contributed by atoms with Crippen LogP contribution in [0.4, 0.5) is 0 Å². The van der Waals surface area contributed by atoms with Crippen molar-refractivity contribution >= 4 is 0 Å². The fourth-order valence-corrected chi connectivity index (χ4v) is 4.13. The maximum absolute atomic E-state index is 6.59. The van der Waals surface area contributed by atoms with Crippen LogP contribution in [0.1, 0.15) is 35.6 Å². The summed E-state index contributed by atoms with van der Waals surface area (Å²) in [7, 11) is 0. The van der Waals surface area contributed by atoms with Crippen molar-refractivity contribution in [3.63, 3.8) is 0 Å². The summed E-state index contributed by atoms with van der Waals surface area (Å²) in [5.74, 6) is 1.14. The third-order valence-electron chi connectivity index (χ3n) is 5.64. The molecular weight excluding hydrogens is 276 g/mol. The molecule has 3 aliphatic rings. The van der Waals surface area contributed by atoms with Crippen molar-refractivity contribution in [2.75, 3.05) is 39.4 Å². The van der Waals surface area contributed by atoms with Crippen LogP contribution in [0, 0.1) is 13.8 Å². The van der Waals surface area contributed by atoms with E-state index in [1.54, 1.807) is 0 Å². The second-order valence-corrected chi connectivity index (χ2v) is 7.01. The molecule has 0 aromatic heterocycles. The largest absolute Gasteiger partial charge is 0.485 e. The number of benzene rings is 1. The smallest absolute Gasteiger partial charge is 0.128 e. The highest BCUT2D eigenvalue weighted by Gasteiger charge is 2.45. The van der Waals surface area contributed by atoms with Crippen LogP contribution in [0.5, 0.6) is 5.75 Å². The van der Waals surface area contributed by atoms with Gasteiger partial charge in [0.15, 0.2) is 0 Å². The van der Waals surface area contributed by atoms with Crippen LogP contribution in [0.15, 0.2) is 12.1 Å². The molecule has 0 bridgehead atoms. The molecule has 4 rings (SSSR count). The summed E-state index contributed by atoms with van der Waals surface area (Å²) in [6, 6.07) is 5.00. The van der Waals surface area contributed by atoms with Crippen LogP contribution < -0.4 is 10.1 Å². The Morgan fingerprint density at radius 3 is 2.77 bits per heavy atom. The molecule has 120 valence electrons. The number of nitrogens with zero attached hydrogens (tertiary/aromatic N) is 1. The Bertz CT molecular complexity index is 560. The first kappa shape index (κ1) is 14.5. The van der Waals surface area contributed by atoms with Gasteiger partial charge in [0.05, 0.1) is 13.2 Å². The van der Waals surface area contributed by atoms with Gasteiger partial charge in [-0.2, -0.15) is 0 Å². The Hall–Kier alpha value is -1.10. The van der Waals surface area contributed by atoms with E-state index in [9.17, 15) is 0 Å². The first-order valence-electron chi connectivity index (χ1n) is 8.50. The summed E-state index contributed by atoms with van der Waals surface area (Å²) in [5.41, 5.74) is 3.99. The Morgan fingerprint density at radius 1 is 1.23 bits per heavy atom. The highest BCUT2D eigenvalue weighted by molar-refractivity contribution is 5.49. The number of aryl methyl sites for hydroxylation is 1. The number of fused-ring (bicyclic) bond motifs is 1. The van der Waals surface area contributed by atoms with Gasteiger partial charge in [-0.15, -0.1) is 0 Å². The maximum atomic E-state index is 6.59. The SMILES string of the molecule is Cc1ccc2c(c1C)OC1(CCNC1)CC2N1CCOCC1. The van der Waals surface area contributed by atoms with E-state index < -0.39 is 0 Å². The zero-order valence-electron chi connectivity index (χ0n) is 13.7. The van der Waals surface area contributed by atoms with Crippen LogP contribution >= 0.6 is 0 Å². The van der Waals surface area contributed by atoms with Gasteiger partial charge in [-0.3, -0.25) is 4.90 Å². The Balaban J connectivity index is 1.75. The van der Waals surface area contributed by atoms with Gasteiger partial charge in [-0.25, -0.2) is 0 Å². The quantitative estimate of drug-likeness (QED) is 0.862. The summed E-state index contributed by atoms with van der Waals surface area (Å²) in [5, 5.41) is 3.50. The standard InChI is InChI=1S/C18H26N2O2/c1-13-3-4-15-16(20-7-9-21-10-8-20)11-18(5-6-19-12-18)22-17(15)14(13)2/h3-4,16,19H,5-12H2,1-2H3. The van der Waals surface area contributed by atoms with Crippen molar-refractivity contribution in [2.24, 2.45) is 0 Å². The third kappa shape index (κ3) is 2.34. The van der Waals surface area contributed by atoms with E-state index >= 15 is 0 Å². The molecule has 2 atom stereocenters. The van der Waals surface area contributed by atoms with Crippen LogP contribution in [0.3, 0.4) is 0 Å². The molecule has 4 heteroatoms.